The minimum absolute atomic E-state index is 0.0187. The fourth-order valence-electron chi connectivity index (χ4n) is 6.40. The van der Waals surface area contributed by atoms with E-state index in [1.54, 1.807) is 44.2 Å². The van der Waals surface area contributed by atoms with Crippen molar-refractivity contribution in [3.8, 4) is 0 Å². The molecule has 2 aliphatic rings. The first-order chi connectivity index (χ1) is 17.9. The van der Waals surface area contributed by atoms with Gasteiger partial charge in [-0.1, -0.05) is 18.2 Å². The minimum atomic E-state index is -1.61. The molecule has 0 aliphatic heterocycles. The highest BCUT2D eigenvalue weighted by atomic mass is 19.1. The van der Waals surface area contributed by atoms with Crippen molar-refractivity contribution in [2.45, 2.75) is 69.8 Å². The Kier molecular flexibility index (Phi) is 5.47. The highest BCUT2D eigenvalue weighted by Gasteiger charge is 2.62. The monoisotopic (exact) mass is 521 g/mol. The largest absolute Gasteiger partial charge is 0.389 e. The molecule has 198 valence electrons. The van der Waals surface area contributed by atoms with Gasteiger partial charge in [0.25, 0.3) is 5.56 Å². The number of halogens is 2. The third kappa shape index (κ3) is 4.26. The van der Waals surface area contributed by atoms with Gasteiger partial charge in [-0.25, -0.2) is 13.9 Å². The molecule has 2 heterocycles. The summed E-state index contributed by atoms with van der Waals surface area (Å²) in [6, 6.07) is 11.1. The van der Waals surface area contributed by atoms with Gasteiger partial charge in [0.2, 0.25) is 5.91 Å². The van der Waals surface area contributed by atoms with E-state index in [9.17, 15) is 19.1 Å². The molecule has 2 aliphatic carbocycles. The molecule has 4 aromatic rings. The van der Waals surface area contributed by atoms with Crippen LogP contribution in [0.1, 0.15) is 50.9 Å². The van der Waals surface area contributed by atoms with Crippen LogP contribution in [0, 0.1) is 11.2 Å². The Balaban J connectivity index is 1.11. The lowest BCUT2D eigenvalue weighted by Crippen LogP contribution is -2.60. The average Bonchev–Trinajstić information content (AvgIpc) is 3.11. The molecule has 0 unspecified atom stereocenters. The Morgan fingerprint density at radius 3 is 2.61 bits per heavy atom. The molecule has 3 N–H and O–H groups in total. The molecule has 8 nitrogen and oxygen atoms in total. The quantitative estimate of drug-likeness (QED) is 0.359. The van der Waals surface area contributed by atoms with Crippen molar-refractivity contribution in [2.24, 2.45) is 5.41 Å². The summed E-state index contributed by atoms with van der Waals surface area (Å²) in [5.74, 6) is -0.622. The topological polar surface area (TPSA) is 113 Å². The molecule has 0 saturated heterocycles. The molecular weight excluding hydrogens is 492 g/mol. The maximum Gasteiger partial charge on any atom is 0.272 e. The number of H-pyrrole nitrogens is 1. The van der Waals surface area contributed by atoms with E-state index in [0.717, 1.165) is 0 Å². The first-order valence-corrected chi connectivity index (χ1v) is 12.8. The van der Waals surface area contributed by atoms with Crippen LogP contribution in [0.3, 0.4) is 0 Å². The number of carbonyl (C=O) groups excluding carboxylic acids is 1. The van der Waals surface area contributed by atoms with Crippen molar-refractivity contribution < 1.29 is 18.7 Å². The van der Waals surface area contributed by atoms with Gasteiger partial charge in [-0.15, -0.1) is 0 Å². The molecule has 0 bridgehead atoms. The molecular formula is C28H29F2N5O3. The predicted molar refractivity (Wildman–Crippen MR) is 138 cm³/mol. The summed E-state index contributed by atoms with van der Waals surface area (Å²) in [6.07, 6.45) is 1.96. The minimum Gasteiger partial charge on any atom is -0.389 e. The maximum absolute atomic E-state index is 15.9. The molecule has 10 heteroatoms. The van der Waals surface area contributed by atoms with Gasteiger partial charge in [0, 0.05) is 16.8 Å². The van der Waals surface area contributed by atoms with E-state index in [0.29, 0.717) is 53.1 Å². The first kappa shape index (κ1) is 24.7. The summed E-state index contributed by atoms with van der Waals surface area (Å²) in [6.45, 7) is 3.44. The van der Waals surface area contributed by atoms with E-state index in [1.165, 1.54) is 16.8 Å². The number of fused-ring (bicyclic) bond motifs is 2. The SMILES string of the molecule is CC(C)(O)Cn1nc(CC(=O)NC2CC3(C2)CC(F)(c2n[nH]c(=O)c4ccccc24)C3)c2ccc(F)cc21. The number of nitrogens with zero attached hydrogens (tertiary/aromatic N) is 3. The Bertz CT molecular complexity index is 1620. The molecule has 2 fully saturated rings. The number of aliphatic hydroxyl groups is 1. The summed E-state index contributed by atoms with van der Waals surface area (Å²) in [5.41, 5.74) is -1.89. The van der Waals surface area contributed by atoms with E-state index in [1.807, 2.05) is 0 Å². The van der Waals surface area contributed by atoms with Crippen LogP contribution >= 0.6 is 0 Å². The molecule has 0 radical (unpaired) electrons. The van der Waals surface area contributed by atoms with Gasteiger partial charge in [0.15, 0.2) is 5.67 Å². The highest BCUT2D eigenvalue weighted by molar-refractivity contribution is 5.88. The number of amides is 1. The van der Waals surface area contributed by atoms with Gasteiger partial charge in [0.1, 0.15) is 11.5 Å². The number of nitrogens with one attached hydrogen (secondary N) is 2. The summed E-state index contributed by atoms with van der Waals surface area (Å²) in [5, 5.41) is 25.9. The third-order valence-corrected chi connectivity index (χ3v) is 7.81. The third-order valence-electron chi connectivity index (χ3n) is 7.81. The van der Waals surface area contributed by atoms with E-state index in [-0.39, 0.29) is 41.6 Å². The van der Waals surface area contributed by atoms with Crippen LogP contribution < -0.4 is 10.9 Å². The van der Waals surface area contributed by atoms with Crippen molar-refractivity contribution in [1.29, 1.82) is 0 Å². The van der Waals surface area contributed by atoms with E-state index >= 15 is 4.39 Å². The molecule has 1 amide bonds. The predicted octanol–water partition coefficient (Wildman–Crippen LogP) is 3.65. The number of hydrogen-bond acceptors (Lipinski definition) is 5. The number of carbonyl (C=O) groups is 1. The molecule has 1 spiro atoms. The van der Waals surface area contributed by atoms with Crippen LogP contribution in [-0.2, 0) is 23.4 Å². The van der Waals surface area contributed by atoms with Crippen LogP contribution in [0.2, 0.25) is 0 Å². The second kappa shape index (κ2) is 8.42. The number of hydrogen-bond donors (Lipinski definition) is 3. The Morgan fingerprint density at radius 1 is 1.18 bits per heavy atom. The lowest BCUT2D eigenvalue weighted by Gasteiger charge is -2.60. The van der Waals surface area contributed by atoms with Gasteiger partial charge in [-0.3, -0.25) is 14.3 Å². The molecule has 0 atom stereocenters. The number of aromatic nitrogens is 4. The smallest absolute Gasteiger partial charge is 0.272 e. The van der Waals surface area contributed by atoms with Crippen LogP contribution in [-0.4, -0.2) is 42.6 Å². The van der Waals surface area contributed by atoms with E-state index in [2.05, 4.69) is 20.6 Å². The molecule has 2 aromatic heterocycles. The zero-order valence-electron chi connectivity index (χ0n) is 21.2. The van der Waals surface area contributed by atoms with Gasteiger partial charge in [-0.2, -0.15) is 10.2 Å². The van der Waals surface area contributed by atoms with Crippen molar-refractivity contribution in [3.63, 3.8) is 0 Å². The maximum atomic E-state index is 15.9. The average molecular weight is 522 g/mol. The van der Waals surface area contributed by atoms with Crippen molar-refractivity contribution in [3.05, 3.63) is 70.0 Å². The van der Waals surface area contributed by atoms with Crippen molar-refractivity contribution in [1.82, 2.24) is 25.3 Å². The Hall–Kier alpha value is -3.66. The fourth-order valence-corrected chi connectivity index (χ4v) is 6.40. The van der Waals surface area contributed by atoms with Crippen LogP contribution in [0.15, 0.2) is 47.3 Å². The second-order valence-corrected chi connectivity index (χ2v) is 11.7. The number of alkyl halides is 1. The van der Waals surface area contributed by atoms with E-state index in [4.69, 9.17) is 0 Å². The van der Waals surface area contributed by atoms with Crippen LogP contribution in [0.25, 0.3) is 21.7 Å². The Labute approximate surface area is 217 Å². The van der Waals surface area contributed by atoms with Gasteiger partial charge < -0.3 is 10.4 Å². The molecule has 6 rings (SSSR count). The molecule has 38 heavy (non-hydrogen) atoms. The van der Waals surface area contributed by atoms with Gasteiger partial charge in [-0.05, 0) is 69.2 Å². The van der Waals surface area contributed by atoms with Crippen LogP contribution in [0.4, 0.5) is 8.78 Å². The number of rotatable bonds is 6. The van der Waals surface area contributed by atoms with Gasteiger partial charge >= 0.3 is 0 Å². The lowest BCUT2D eigenvalue weighted by atomic mass is 9.48. The van der Waals surface area contributed by atoms with Crippen LogP contribution in [0.5, 0.6) is 0 Å². The standard InChI is InChI=1S/C28H29F2N5O3/c1-26(2,38)15-35-22-9-16(29)7-8-20(22)21(34-35)10-23(36)31-17-11-27(12-17)13-28(30,14-27)24-18-5-3-4-6-19(18)25(37)33-32-24/h3-9,17,38H,10-15H2,1-2H3,(H,31,36)(H,33,37). The molecule has 2 aromatic carbocycles. The summed E-state index contributed by atoms with van der Waals surface area (Å²) >= 11 is 0. The first-order valence-electron chi connectivity index (χ1n) is 12.8. The fraction of sp³-hybridized carbons (Fsp3) is 0.429. The molecule has 2 saturated carbocycles. The lowest BCUT2D eigenvalue weighted by molar-refractivity contribution is -0.142. The Morgan fingerprint density at radius 2 is 1.89 bits per heavy atom. The van der Waals surface area contributed by atoms with Crippen molar-refractivity contribution in [2.75, 3.05) is 0 Å². The number of aromatic amines is 1. The summed E-state index contributed by atoms with van der Waals surface area (Å²) in [7, 11) is 0. The summed E-state index contributed by atoms with van der Waals surface area (Å²) in [4.78, 5) is 24.9. The zero-order chi connectivity index (χ0) is 26.9. The normalized spacial score (nSPS) is 24.9. The van der Waals surface area contributed by atoms with Gasteiger partial charge in [0.05, 0.1) is 35.2 Å². The highest BCUT2D eigenvalue weighted by Crippen LogP contribution is 2.65. The van der Waals surface area contributed by atoms with E-state index < -0.39 is 17.1 Å². The zero-order valence-corrected chi connectivity index (χ0v) is 21.2. The summed E-state index contributed by atoms with van der Waals surface area (Å²) < 4.78 is 31.3. The van der Waals surface area contributed by atoms with Crippen molar-refractivity contribution >= 4 is 27.6 Å². The number of benzene rings is 2. The second-order valence-electron chi connectivity index (χ2n) is 11.7.